The van der Waals surface area contributed by atoms with Crippen molar-refractivity contribution in [3.8, 4) is 44.8 Å². The Morgan fingerprint density at radius 2 is 1.49 bits per heavy atom. The van der Waals surface area contributed by atoms with Crippen molar-refractivity contribution in [2.75, 3.05) is 0 Å². The lowest BCUT2D eigenvalue weighted by Crippen LogP contribution is -2.08. The van der Waals surface area contributed by atoms with Crippen LogP contribution in [0, 0.1) is 12.7 Å². The maximum atomic E-state index is 13.8. The molecule has 2 heterocycles. The highest BCUT2D eigenvalue weighted by Crippen LogP contribution is 2.40. The smallest absolute Gasteiger partial charge is 0.344 e. The number of hydrogen-bond donors (Lipinski definition) is 0. The number of pyridine rings is 1. The lowest BCUT2D eigenvalue weighted by molar-refractivity contribution is 0.562. The molecule has 6 aromatic rings. The first-order valence-corrected chi connectivity index (χ1v) is 13.1. The van der Waals surface area contributed by atoms with Crippen molar-refractivity contribution in [1.82, 2.24) is 4.98 Å². The van der Waals surface area contributed by atoms with Crippen LogP contribution in [0.5, 0.6) is 0 Å². The van der Waals surface area contributed by atoms with Crippen molar-refractivity contribution in [3.63, 3.8) is 0 Å². The summed E-state index contributed by atoms with van der Waals surface area (Å²) in [4.78, 5) is 18.1. The summed E-state index contributed by atoms with van der Waals surface area (Å²) in [5.41, 5.74) is 10.8. The Balaban J connectivity index is 1.47. The van der Waals surface area contributed by atoms with Gasteiger partial charge in [-0.25, -0.2) is 14.2 Å². The molecule has 0 unspecified atom stereocenters. The molecule has 0 N–H and O–H groups in total. The Labute approximate surface area is 225 Å². The van der Waals surface area contributed by atoms with E-state index in [2.05, 4.69) is 30.3 Å². The number of benzene rings is 4. The van der Waals surface area contributed by atoms with Crippen LogP contribution in [0.3, 0.4) is 0 Å². The summed E-state index contributed by atoms with van der Waals surface area (Å²) in [5.74, 6) is -0.257. The molecule has 39 heavy (non-hydrogen) atoms. The van der Waals surface area contributed by atoms with Gasteiger partial charge < -0.3 is 4.42 Å². The largest absolute Gasteiger partial charge is 0.422 e. The van der Waals surface area contributed by atoms with Crippen LogP contribution in [0.25, 0.3) is 55.7 Å². The summed E-state index contributed by atoms with van der Waals surface area (Å²) in [6.45, 7) is 1.96. The van der Waals surface area contributed by atoms with Gasteiger partial charge >= 0.3 is 5.63 Å². The van der Waals surface area contributed by atoms with Gasteiger partial charge in [0.15, 0.2) is 0 Å². The van der Waals surface area contributed by atoms with Gasteiger partial charge in [0, 0.05) is 16.5 Å². The van der Waals surface area contributed by atoms with E-state index < -0.39 is 0 Å². The molecule has 3 nitrogen and oxygen atoms in total. The first-order chi connectivity index (χ1) is 19.1. The number of hydrogen-bond acceptors (Lipinski definition) is 3. The zero-order chi connectivity index (χ0) is 26.5. The van der Waals surface area contributed by atoms with E-state index in [4.69, 9.17) is 9.40 Å². The third-order valence-corrected chi connectivity index (χ3v) is 7.72. The molecule has 4 aromatic carbocycles. The molecular weight excluding hydrogens is 485 g/mol. The number of aromatic nitrogens is 1. The molecule has 7 rings (SSSR count). The Hall–Kier alpha value is -4.83. The van der Waals surface area contributed by atoms with Crippen LogP contribution in [0.2, 0.25) is 0 Å². The molecule has 0 fully saturated rings. The van der Waals surface area contributed by atoms with Gasteiger partial charge in [-0.3, -0.25) is 0 Å². The summed E-state index contributed by atoms with van der Waals surface area (Å²) in [5, 5.41) is 0.870. The predicted molar refractivity (Wildman–Crippen MR) is 154 cm³/mol. The van der Waals surface area contributed by atoms with E-state index in [1.165, 1.54) is 23.3 Å². The second-order valence-corrected chi connectivity index (χ2v) is 10.0. The van der Waals surface area contributed by atoms with Crippen LogP contribution in [0.15, 0.2) is 112 Å². The highest BCUT2D eigenvalue weighted by atomic mass is 19.1. The van der Waals surface area contributed by atoms with Crippen LogP contribution in [-0.2, 0) is 12.8 Å². The Bertz CT molecular complexity index is 1940. The molecule has 0 bridgehead atoms. The van der Waals surface area contributed by atoms with E-state index in [-0.39, 0.29) is 11.4 Å². The zero-order valence-corrected chi connectivity index (χ0v) is 21.4. The maximum Gasteiger partial charge on any atom is 0.344 e. The first kappa shape index (κ1) is 23.3. The molecule has 1 aliphatic carbocycles. The van der Waals surface area contributed by atoms with E-state index in [0.717, 1.165) is 63.0 Å². The normalized spacial score (nSPS) is 12.3. The van der Waals surface area contributed by atoms with Gasteiger partial charge in [0.05, 0.1) is 17.0 Å². The van der Waals surface area contributed by atoms with E-state index in [9.17, 15) is 9.18 Å². The fraction of sp³-hybridized carbons (Fsp3) is 0.0857. The summed E-state index contributed by atoms with van der Waals surface area (Å²) in [7, 11) is 0. The lowest BCUT2D eigenvalue weighted by Gasteiger charge is -2.23. The van der Waals surface area contributed by atoms with Gasteiger partial charge in [-0.15, -0.1) is 0 Å². The maximum absolute atomic E-state index is 13.8. The topological polar surface area (TPSA) is 43.1 Å². The molecule has 0 saturated heterocycles. The van der Waals surface area contributed by atoms with Gasteiger partial charge in [-0.1, -0.05) is 66.7 Å². The third-order valence-electron chi connectivity index (χ3n) is 7.72. The van der Waals surface area contributed by atoms with Gasteiger partial charge in [0.2, 0.25) is 0 Å². The molecule has 2 aromatic heterocycles. The number of halogens is 1. The van der Waals surface area contributed by atoms with Crippen LogP contribution < -0.4 is 5.63 Å². The second-order valence-electron chi connectivity index (χ2n) is 10.0. The highest BCUT2D eigenvalue weighted by Gasteiger charge is 2.23. The Morgan fingerprint density at radius 1 is 0.744 bits per heavy atom. The standard InChI is InChI=1S/C35H24FNO2/c1-21-29-19-25(14-18-32(29)39-35(38)33(21)24-8-3-2-4-9-24)31-20-30(23-11-15-26(36)16-12-23)28-17-13-22-7-5-6-10-27(22)34(28)37-31/h2-12,14-16,18-20H,13,17H2,1H3. The molecule has 0 spiro atoms. The van der Waals surface area contributed by atoms with Crippen LogP contribution in [0.4, 0.5) is 4.39 Å². The fourth-order valence-electron chi connectivity index (χ4n) is 5.76. The molecule has 0 saturated carbocycles. The molecule has 188 valence electrons. The van der Waals surface area contributed by atoms with Crippen molar-refractivity contribution in [1.29, 1.82) is 0 Å². The summed E-state index contributed by atoms with van der Waals surface area (Å²) in [6.07, 6.45) is 1.81. The first-order valence-electron chi connectivity index (χ1n) is 13.1. The number of fused-ring (bicyclic) bond motifs is 4. The van der Waals surface area contributed by atoms with Gasteiger partial charge in [0.1, 0.15) is 11.4 Å². The van der Waals surface area contributed by atoms with Crippen LogP contribution in [-0.4, -0.2) is 4.98 Å². The van der Waals surface area contributed by atoms with Crippen molar-refractivity contribution < 1.29 is 8.81 Å². The van der Waals surface area contributed by atoms with Crippen LogP contribution >= 0.6 is 0 Å². The minimum atomic E-state index is -0.346. The van der Waals surface area contributed by atoms with Gasteiger partial charge in [-0.2, -0.15) is 0 Å². The predicted octanol–water partition coefficient (Wildman–Crippen LogP) is 8.40. The highest BCUT2D eigenvalue weighted by molar-refractivity contribution is 5.91. The van der Waals surface area contributed by atoms with E-state index >= 15 is 0 Å². The Morgan fingerprint density at radius 3 is 2.31 bits per heavy atom. The number of aryl methyl sites for hydroxylation is 2. The molecule has 1 aliphatic rings. The molecule has 4 heteroatoms. The lowest BCUT2D eigenvalue weighted by atomic mass is 9.84. The summed E-state index contributed by atoms with van der Waals surface area (Å²) >= 11 is 0. The quantitative estimate of drug-likeness (QED) is 0.225. The van der Waals surface area contributed by atoms with Crippen LogP contribution in [0.1, 0.15) is 16.7 Å². The average molecular weight is 510 g/mol. The Kier molecular flexibility index (Phi) is 5.48. The second kappa shape index (κ2) is 9.17. The summed E-state index contributed by atoms with van der Waals surface area (Å²) in [6, 6.07) is 32.7. The van der Waals surface area contributed by atoms with Gasteiger partial charge in [-0.05, 0) is 89.5 Å². The van der Waals surface area contributed by atoms with Crippen molar-refractivity contribution >= 4 is 11.0 Å². The minimum Gasteiger partial charge on any atom is -0.422 e. The van der Waals surface area contributed by atoms with E-state index in [0.29, 0.717) is 11.1 Å². The van der Waals surface area contributed by atoms with E-state index in [1.54, 1.807) is 0 Å². The third kappa shape index (κ3) is 3.96. The molecule has 0 radical (unpaired) electrons. The minimum absolute atomic E-state index is 0.257. The van der Waals surface area contributed by atoms with E-state index in [1.807, 2.05) is 67.6 Å². The molecular formula is C35H24FNO2. The van der Waals surface area contributed by atoms with Gasteiger partial charge in [0.25, 0.3) is 0 Å². The number of rotatable bonds is 3. The fourth-order valence-corrected chi connectivity index (χ4v) is 5.76. The SMILES string of the molecule is Cc1c(-c2ccccc2)c(=O)oc2ccc(-c3cc(-c4ccc(F)cc4)c4c(n3)-c3ccccc3CC4)cc12. The zero-order valence-electron chi connectivity index (χ0n) is 21.4. The molecule has 0 aliphatic heterocycles. The molecule has 0 amide bonds. The van der Waals surface area contributed by atoms with Crippen molar-refractivity contribution in [3.05, 3.63) is 136 Å². The number of nitrogens with zero attached hydrogens (tertiary/aromatic N) is 1. The van der Waals surface area contributed by atoms with Crippen molar-refractivity contribution in [2.24, 2.45) is 0 Å². The van der Waals surface area contributed by atoms with Crippen molar-refractivity contribution in [2.45, 2.75) is 19.8 Å². The monoisotopic (exact) mass is 509 g/mol. The average Bonchev–Trinajstić information content (AvgIpc) is 2.97. The molecule has 0 atom stereocenters. The summed E-state index contributed by atoms with van der Waals surface area (Å²) < 4.78 is 19.6.